The summed E-state index contributed by atoms with van der Waals surface area (Å²) < 4.78 is 0. The van der Waals surface area contributed by atoms with Crippen LogP contribution in [0.3, 0.4) is 0 Å². The maximum Gasteiger partial charge on any atom is 0.229 e. The van der Waals surface area contributed by atoms with E-state index >= 15 is 0 Å². The molecule has 2 unspecified atom stereocenters. The van der Waals surface area contributed by atoms with Gasteiger partial charge in [-0.2, -0.15) is 0 Å². The topological polar surface area (TPSA) is 55.1 Å². The Balaban J connectivity index is 2.13. The lowest BCUT2D eigenvalue weighted by molar-refractivity contribution is -0.120. The molecule has 1 aromatic carbocycles. The zero-order chi connectivity index (χ0) is 12.4. The summed E-state index contributed by atoms with van der Waals surface area (Å²) in [6.45, 7) is 0. The fourth-order valence-electron chi connectivity index (χ4n) is 2.15. The third-order valence-electron chi connectivity index (χ3n) is 3.12. The summed E-state index contributed by atoms with van der Waals surface area (Å²) in [7, 11) is 0. The van der Waals surface area contributed by atoms with E-state index in [-0.39, 0.29) is 17.9 Å². The maximum atomic E-state index is 12.0. The van der Waals surface area contributed by atoms with E-state index in [1.165, 1.54) is 0 Å². The number of amides is 1. The quantitative estimate of drug-likeness (QED) is 0.870. The summed E-state index contributed by atoms with van der Waals surface area (Å²) in [5, 5.41) is 3.65. The average Bonchev–Trinajstić information content (AvgIpc) is 2.70. The third kappa shape index (κ3) is 2.73. The molecule has 1 aliphatic carbocycles. The number of hydrogen-bond donors (Lipinski definition) is 2. The number of carbonyl (C=O) groups excluding carboxylic acids is 1. The number of hydrogen-bond acceptors (Lipinski definition) is 2. The fourth-order valence-corrected chi connectivity index (χ4v) is 2.64. The highest BCUT2D eigenvalue weighted by Crippen LogP contribution is 2.32. The van der Waals surface area contributed by atoms with Crippen LogP contribution in [0.1, 0.15) is 19.3 Å². The lowest BCUT2D eigenvalue weighted by Crippen LogP contribution is -2.34. The summed E-state index contributed by atoms with van der Waals surface area (Å²) in [5.41, 5.74) is 6.36. The maximum absolute atomic E-state index is 12.0. The molecular weight excluding hydrogens is 259 g/mol. The van der Waals surface area contributed by atoms with Crippen molar-refractivity contribution in [3.05, 3.63) is 28.2 Å². The number of carbonyl (C=O) groups is 1. The zero-order valence-corrected chi connectivity index (χ0v) is 10.8. The summed E-state index contributed by atoms with van der Waals surface area (Å²) >= 11 is 12.0. The molecule has 1 fully saturated rings. The Bertz CT molecular complexity index is 416. The van der Waals surface area contributed by atoms with E-state index in [2.05, 4.69) is 5.32 Å². The van der Waals surface area contributed by atoms with Crippen LogP contribution >= 0.6 is 23.2 Å². The Morgan fingerprint density at radius 3 is 2.47 bits per heavy atom. The molecule has 1 aromatic rings. The minimum atomic E-state index is -0.137. The highest BCUT2D eigenvalue weighted by Gasteiger charge is 2.30. The summed E-state index contributed by atoms with van der Waals surface area (Å²) in [6, 6.07) is 5.06. The molecule has 0 aromatic heterocycles. The van der Waals surface area contributed by atoms with Gasteiger partial charge in [0, 0.05) is 6.04 Å². The molecular formula is C12H14Cl2N2O. The molecule has 1 saturated carbocycles. The van der Waals surface area contributed by atoms with Crippen LogP contribution in [-0.2, 0) is 4.79 Å². The molecule has 0 aliphatic heterocycles. The van der Waals surface area contributed by atoms with Crippen LogP contribution in [-0.4, -0.2) is 11.9 Å². The lowest BCUT2D eigenvalue weighted by atomic mass is 10.0. The standard InChI is InChI=1S/C12H14Cl2N2O/c13-8-4-2-5-9(14)11(8)16-12(17)7-3-1-6-10(7)15/h2,4-5,7,10H,1,3,6,15H2,(H,16,17). The van der Waals surface area contributed by atoms with Crippen molar-refractivity contribution < 1.29 is 4.79 Å². The molecule has 0 saturated heterocycles. The number of nitrogens with one attached hydrogen (secondary N) is 1. The second kappa shape index (κ2) is 5.25. The number of halogens is 2. The van der Waals surface area contributed by atoms with E-state index in [9.17, 15) is 4.79 Å². The number of anilines is 1. The number of nitrogens with two attached hydrogens (primary N) is 1. The fraction of sp³-hybridized carbons (Fsp3) is 0.417. The second-order valence-corrected chi connectivity index (χ2v) is 5.10. The summed E-state index contributed by atoms with van der Waals surface area (Å²) in [5.74, 6) is -0.229. The van der Waals surface area contributed by atoms with Gasteiger partial charge in [-0.25, -0.2) is 0 Å². The number of benzene rings is 1. The van der Waals surface area contributed by atoms with Gasteiger partial charge in [-0.3, -0.25) is 4.79 Å². The van der Waals surface area contributed by atoms with Gasteiger partial charge in [0.15, 0.2) is 0 Å². The number of para-hydroxylation sites is 1. The van der Waals surface area contributed by atoms with Crippen molar-refractivity contribution in [3.63, 3.8) is 0 Å². The van der Waals surface area contributed by atoms with E-state index in [0.29, 0.717) is 15.7 Å². The first-order chi connectivity index (χ1) is 8.09. The van der Waals surface area contributed by atoms with Crippen molar-refractivity contribution in [1.29, 1.82) is 0 Å². The minimum Gasteiger partial charge on any atom is -0.327 e. The van der Waals surface area contributed by atoms with E-state index in [4.69, 9.17) is 28.9 Å². The summed E-state index contributed by atoms with van der Waals surface area (Å²) in [6.07, 6.45) is 2.72. The van der Waals surface area contributed by atoms with E-state index in [1.54, 1.807) is 18.2 Å². The molecule has 17 heavy (non-hydrogen) atoms. The van der Waals surface area contributed by atoms with Crippen LogP contribution in [0.25, 0.3) is 0 Å². The largest absolute Gasteiger partial charge is 0.327 e. The van der Waals surface area contributed by atoms with Gasteiger partial charge < -0.3 is 11.1 Å². The lowest BCUT2D eigenvalue weighted by Gasteiger charge is -2.16. The molecule has 1 aliphatic rings. The van der Waals surface area contributed by atoms with Crippen molar-refractivity contribution in [2.75, 3.05) is 5.32 Å². The van der Waals surface area contributed by atoms with Gasteiger partial charge in [-0.1, -0.05) is 35.7 Å². The highest BCUT2D eigenvalue weighted by atomic mass is 35.5. The molecule has 1 amide bonds. The van der Waals surface area contributed by atoms with Crippen molar-refractivity contribution >= 4 is 34.8 Å². The van der Waals surface area contributed by atoms with Crippen LogP contribution in [0.15, 0.2) is 18.2 Å². The molecule has 0 spiro atoms. The Hall–Kier alpha value is -0.770. The van der Waals surface area contributed by atoms with Crippen LogP contribution in [0.5, 0.6) is 0 Å². The van der Waals surface area contributed by atoms with E-state index in [0.717, 1.165) is 19.3 Å². The molecule has 3 nitrogen and oxygen atoms in total. The Labute approximate surface area is 110 Å². The Morgan fingerprint density at radius 2 is 1.94 bits per heavy atom. The first-order valence-corrected chi connectivity index (χ1v) is 6.35. The monoisotopic (exact) mass is 272 g/mol. The molecule has 3 N–H and O–H groups in total. The Kier molecular flexibility index (Phi) is 3.92. The van der Waals surface area contributed by atoms with Gasteiger partial charge in [0.25, 0.3) is 0 Å². The smallest absolute Gasteiger partial charge is 0.229 e. The minimum absolute atomic E-state index is 0.0590. The first-order valence-electron chi connectivity index (χ1n) is 5.60. The van der Waals surface area contributed by atoms with Gasteiger partial charge in [0.05, 0.1) is 21.7 Å². The zero-order valence-electron chi connectivity index (χ0n) is 9.25. The summed E-state index contributed by atoms with van der Waals surface area (Å²) in [4.78, 5) is 12.0. The van der Waals surface area contributed by atoms with Crippen molar-refractivity contribution in [2.45, 2.75) is 25.3 Å². The number of rotatable bonds is 2. The van der Waals surface area contributed by atoms with E-state index in [1.807, 2.05) is 0 Å². The molecule has 0 heterocycles. The molecule has 2 rings (SSSR count). The SMILES string of the molecule is NC1CCCC1C(=O)Nc1c(Cl)cccc1Cl. The Morgan fingerprint density at radius 1 is 1.29 bits per heavy atom. The van der Waals surface area contributed by atoms with Gasteiger partial charge in [-0.05, 0) is 25.0 Å². The van der Waals surface area contributed by atoms with Crippen LogP contribution < -0.4 is 11.1 Å². The molecule has 5 heteroatoms. The predicted octanol–water partition coefficient (Wildman–Crippen LogP) is 3.06. The van der Waals surface area contributed by atoms with Crippen LogP contribution in [0.4, 0.5) is 5.69 Å². The molecule has 0 radical (unpaired) electrons. The predicted molar refractivity (Wildman–Crippen MR) is 70.4 cm³/mol. The second-order valence-electron chi connectivity index (χ2n) is 4.29. The highest BCUT2D eigenvalue weighted by molar-refractivity contribution is 6.39. The van der Waals surface area contributed by atoms with E-state index < -0.39 is 0 Å². The normalized spacial score (nSPS) is 23.7. The first kappa shape index (κ1) is 12.7. The van der Waals surface area contributed by atoms with Gasteiger partial charge >= 0.3 is 0 Å². The molecule has 92 valence electrons. The van der Waals surface area contributed by atoms with Gasteiger partial charge in [0.1, 0.15) is 0 Å². The molecule has 0 bridgehead atoms. The van der Waals surface area contributed by atoms with Gasteiger partial charge in [0.2, 0.25) is 5.91 Å². The van der Waals surface area contributed by atoms with Crippen LogP contribution in [0, 0.1) is 5.92 Å². The molecule has 2 atom stereocenters. The van der Waals surface area contributed by atoms with Crippen molar-refractivity contribution in [2.24, 2.45) is 11.7 Å². The average molecular weight is 273 g/mol. The van der Waals surface area contributed by atoms with Gasteiger partial charge in [-0.15, -0.1) is 0 Å². The van der Waals surface area contributed by atoms with Crippen molar-refractivity contribution in [3.8, 4) is 0 Å². The van der Waals surface area contributed by atoms with Crippen molar-refractivity contribution in [1.82, 2.24) is 0 Å². The third-order valence-corrected chi connectivity index (χ3v) is 3.75. The van der Waals surface area contributed by atoms with Crippen LogP contribution in [0.2, 0.25) is 10.0 Å².